The molecule has 1 heterocycles. The highest BCUT2D eigenvalue weighted by Crippen LogP contribution is 2.41. The molecule has 1 amide bonds. The van der Waals surface area contributed by atoms with E-state index in [4.69, 9.17) is 9.47 Å². The molecule has 1 aromatic carbocycles. The standard InChI is InChI=1S/C19H27FN2O3/c1-24-9-3-8-22-11-16(13-4-5-13)17(12-22)21-19(23)15-10-14(20)6-7-18(15)25-2/h6-7,10,13,16-17H,3-5,8-9,11-12H2,1-2H3,(H,21,23)/t16-,17+/m1/s1. The monoisotopic (exact) mass is 350 g/mol. The van der Waals surface area contributed by atoms with Gasteiger partial charge in [0.2, 0.25) is 0 Å². The molecule has 0 spiro atoms. The quantitative estimate of drug-likeness (QED) is 0.731. The highest BCUT2D eigenvalue weighted by molar-refractivity contribution is 5.97. The van der Waals surface area contributed by atoms with Crippen LogP contribution in [0.3, 0.4) is 0 Å². The number of carbonyl (C=O) groups is 1. The lowest BCUT2D eigenvalue weighted by atomic mass is 9.97. The summed E-state index contributed by atoms with van der Waals surface area (Å²) in [5, 5.41) is 3.13. The minimum Gasteiger partial charge on any atom is -0.496 e. The Morgan fingerprint density at radius 2 is 2.12 bits per heavy atom. The molecule has 0 bridgehead atoms. The largest absolute Gasteiger partial charge is 0.496 e. The van der Waals surface area contributed by atoms with Crippen molar-refractivity contribution in [3.05, 3.63) is 29.6 Å². The van der Waals surface area contributed by atoms with E-state index in [1.807, 2.05) is 0 Å². The van der Waals surface area contributed by atoms with Crippen LogP contribution in [-0.2, 0) is 4.74 Å². The Labute approximate surface area is 148 Å². The predicted octanol–water partition coefficient (Wildman–Crippen LogP) is 2.31. The maximum atomic E-state index is 13.6. The Balaban J connectivity index is 1.65. The lowest BCUT2D eigenvalue weighted by Gasteiger charge is -2.20. The molecule has 1 aliphatic heterocycles. The van der Waals surface area contributed by atoms with E-state index >= 15 is 0 Å². The lowest BCUT2D eigenvalue weighted by molar-refractivity contribution is 0.0924. The van der Waals surface area contributed by atoms with Crippen molar-refractivity contribution in [1.29, 1.82) is 0 Å². The van der Waals surface area contributed by atoms with Crippen LogP contribution >= 0.6 is 0 Å². The summed E-state index contributed by atoms with van der Waals surface area (Å²) in [6.07, 6.45) is 3.48. The third-order valence-electron chi connectivity index (χ3n) is 5.21. The first kappa shape index (κ1) is 18.1. The van der Waals surface area contributed by atoms with Crippen molar-refractivity contribution in [2.75, 3.05) is 40.5 Å². The zero-order chi connectivity index (χ0) is 17.8. The van der Waals surface area contributed by atoms with Crippen molar-refractivity contribution in [2.45, 2.75) is 25.3 Å². The number of likely N-dealkylation sites (tertiary alicyclic amines) is 1. The maximum absolute atomic E-state index is 13.6. The number of methoxy groups -OCH3 is 2. The second-order valence-electron chi connectivity index (χ2n) is 7.03. The van der Waals surface area contributed by atoms with Gasteiger partial charge in [-0.1, -0.05) is 0 Å². The SMILES string of the molecule is COCCCN1C[C@H](NC(=O)c2cc(F)ccc2OC)[C@@H](C2CC2)C1. The van der Waals surface area contributed by atoms with E-state index in [-0.39, 0.29) is 17.5 Å². The van der Waals surface area contributed by atoms with Crippen LogP contribution in [0.4, 0.5) is 4.39 Å². The first-order valence-corrected chi connectivity index (χ1v) is 8.98. The van der Waals surface area contributed by atoms with Gasteiger partial charge < -0.3 is 19.7 Å². The Kier molecular flexibility index (Phi) is 5.91. The van der Waals surface area contributed by atoms with Crippen molar-refractivity contribution in [1.82, 2.24) is 10.2 Å². The molecule has 0 unspecified atom stereocenters. The van der Waals surface area contributed by atoms with E-state index in [2.05, 4.69) is 10.2 Å². The van der Waals surface area contributed by atoms with Gasteiger partial charge in [0.1, 0.15) is 11.6 Å². The van der Waals surface area contributed by atoms with Crippen LogP contribution in [0.15, 0.2) is 18.2 Å². The number of amides is 1. The molecule has 2 fully saturated rings. The smallest absolute Gasteiger partial charge is 0.255 e. The Morgan fingerprint density at radius 1 is 1.32 bits per heavy atom. The van der Waals surface area contributed by atoms with E-state index in [1.165, 1.54) is 38.2 Å². The van der Waals surface area contributed by atoms with Crippen LogP contribution in [0.1, 0.15) is 29.6 Å². The van der Waals surface area contributed by atoms with Gasteiger partial charge in [-0.3, -0.25) is 4.79 Å². The summed E-state index contributed by atoms with van der Waals surface area (Å²) in [5.41, 5.74) is 0.259. The molecule has 0 aromatic heterocycles. The number of benzene rings is 1. The lowest BCUT2D eigenvalue weighted by Crippen LogP contribution is -2.41. The van der Waals surface area contributed by atoms with Gasteiger partial charge in [-0.15, -0.1) is 0 Å². The van der Waals surface area contributed by atoms with Crippen LogP contribution in [0.5, 0.6) is 5.75 Å². The molecular weight excluding hydrogens is 323 g/mol. The van der Waals surface area contributed by atoms with Gasteiger partial charge in [0.15, 0.2) is 0 Å². The van der Waals surface area contributed by atoms with Gasteiger partial charge in [-0.25, -0.2) is 4.39 Å². The van der Waals surface area contributed by atoms with Crippen LogP contribution in [0.25, 0.3) is 0 Å². The van der Waals surface area contributed by atoms with E-state index in [9.17, 15) is 9.18 Å². The minimum absolute atomic E-state index is 0.107. The molecule has 1 aromatic rings. The molecule has 1 saturated carbocycles. The molecule has 1 saturated heterocycles. The van der Waals surface area contributed by atoms with Crippen molar-refractivity contribution in [3.63, 3.8) is 0 Å². The molecule has 0 radical (unpaired) electrons. The second-order valence-corrected chi connectivity index (χ2v) is 7.03. The van der Waals surface area contributed by atoms with Crippen LogP contribution < -0.4 is 10.1 Å². The van der Waals surface area contributed by atoms with Gasteiger partial charge in [-0.2, -0.15) is 0 Å². The molecule has 5 nitrogen and oxygen atoms in total. The molecule has 2 atom stereocenters. The second kappa shape index (κ2) is 8.15. The number of hydrogen-bond acceptors (Lipinski definition) is 4. The normalized spacial score (nSPS) is 23.6. The number of carbonyl (C=O) groups excluding carboxylic acids is 1. The number of nitrogens with zero attached hydrogens (tertiary/aromatic N) is 1. The summed E-state index contributed by atoms with van der Waals surface area (Å²) < 4.78 is 23.9. The number of nitrogens with one attached hydrogen (secondary N) is 1. The average Bonchev–Trinajstić information content (AvgIpc) is 3.37. The summed E-state index contributed by atoms with van der Waals surface area (Å²) in [6, 6.07) is 4.14. The van der Waals surface area contributed by atoms with Gasteiger partial charge in [0.25, 0.3) is 5.91 Å². The molecule has 1 N–H and O–H groups in total. The molecule has 138 valence electrons. The molecule has 3 rings (SSSR count). The van der Waals surface area contributed by atoms with Crippen molar-refractivity contribution < 1.29 is 18.7 Å². The van der Waals surface area contributed by atoms with Gasteiger partial charge in [0.05, 0.1) is 12.7 Å². The highest BCUT2D eigenvalue weighted by Gasteiger charge is 2.43. The fraction of sp³-hybridized carbons (Fsp3) is 0.632. The van der Waals surface area contributed by atoms with Gasteiger partial charge in [-0.05, 0) is 49.3 Å². The Morgan fingerprint density at radius 3 is 2.80 bits per heavy atom. The van der Waals surface area contributed by atoms with Crippen molar-refractivity contribution >= 4 is 5.91 Å². The molecule has 1 aliphatic carbocycles. The number of ether oxygens (including phenoxy) is 2. The molecule has 2 aliphatic rings. The number of hydrogen-bond donors (Lipinski definition) is 1. The van der Waals surface area contributed by atoms with E-state index in [0.29, 0.717) is 17.6 Å². The zero-order valence-electron chi connectivity index (χ0n) is 15.0. The molecule has 25 heavy (non-hydrogen) atoms. The summed E-state index contributed by atoms with van der Waals surface area (Å²) in [6.45, 7) is 3.59. The third-order valence-corrected chi connectivity index (χ3v) is 5.21. The first-order chi connectivity index (χ1) is 12.1. The zero-order valence-corrected chi connectivity index (χ0v) is 15.0. The summed E-state index contributed by atoms with van der Waals surface area (Å²) in [4.78, 5) is 15.1. The summed E-state index contributed by atoms with van der Waals surface area (Å²) in [7, 11) is 3.20. The Bertz CT molecular complexity index is 606. The van der Waals surface area contributed by atoms with E-state index in [0.717, 1.165) is 32.7 Å². The summed E-state index contributed by atoms with van der Waals surface area (Å²) in [5.74, 6) is 0.887. The fourth-order valence-corrected chi connectivity index (χ4v) is 3.79. The third kappa shape index (κ3) is 4.50. The average molecular weight is 350 g/mol. The number of rotatable bonds is 8. The predicted molar refractivity (Wildman–Crippen MR) is 93.4 cm³/mol. The summed E-state index contributed by atoms with van der Waals surface area (Å²) >= 11 is 0. The van der Waals surface area contributed by atoms with Crippen molar-refractivity contribution in [3.8, 4) is 5.75 Å². The van der Waals surface area contributed by atoms with Crippen LogP contribution in [0, 0.1) is 17.7 Å². The maximum Gasteiger partial charge on any atom is 0.255 e. The number of halogens is 1. The minimum atomic E-state index is -0.433. The molecule has 6 heteroatoms. The fourth-order valence-electron chi connectivity index (χ4n) is 3.79. The molecular formula is C19H27FN2O3. The van der Waals surface area contributed by atoms with E-state index < -0.39 is 5.82 Å². The van der Waals surface area contributed by atoms with Crippen molar-refractivity contribution in [2.24, 2.45) is 11.8 Å². The van der Waals surface area contributed by atoms with Crippen LogP contribution in [0.2, 0.25) is 0 Å². The topological polar surface area (TPSA) is 50.8 Å². The van der Waals surface area contributed by atoms with Gasteiger partial charge in [0, 0.05) is 39.4 Å². The Hall–Kier alpha value is -1.66. The van der Waals surface area contributed by atoms with E-state index in [1.54, 1.807) is 7.11 Å². The van der Waals surface area contributed by atoms with Gasteiger partial charge >= 0.3 is 0 Å². The first-order valence-electron chi connectivity index (χ1n) is 8.98. The van der Waals surface area contributed by atoms with Crippen LogP contribution in [-0.4, -0.2) is 57.3 Å². The highest BCUT2D eigenvalue weighted by atomic mass is 19.1.